The van der Waals surface area contributed by atoms with Gasteiger partial charge in [0.25, 0.3) is 5.56 Å². The standard InChI is InChI=1S/C15H17N3O/c1-11-4-6-12(7-5-11)13-10-14(19)17-15(16-13)18-8-2-3-9-18/h4-7,10H,2-3,8-9H2,1H3,(H,16,17,19). The molecule has 0 amide bonds. The second kappa shape index (κ2) is 4.88. The van der Waals surface area contributed by atoms with Crippen LogP contribution >= 0.6 is 0 Å². The quantitative estimate of drug-likeness (QED) is 0.896. The summed E-state index contributed by atoms with van der Waals surface area (Å²) in [6, 6.07) is 9.64. The van der Waals surface area contributed by atoms with E-state index in [9.17, 15) is 4.79 Å². The summed E-state index contributed by atoms with van der Waals surface area (Å²) >= 11 is 0. The molecule has 1 N–H and O–H groups in total. The fourth-order valence-corrected chi connectivity index (χ4v) is 2.40. The Morgan fingerprint density at radius 1 is 1.16 bits per heavy atom. The number of aromatic nitrogens is 2. The van der Waals surface area contributed by atoms with Crippen molar-refractivity contribution < 1.29 is 0 Å². The Labute approximate surface area is 112 Å². The van der Waals surface area contributed by atoms with Gasteiger partial charge in [-0.25, -0.2) is 4.98 Å². The number of aryl methyl sites for hydroxylation is 1. The Kier molecular flexibility index (Phi) is 3.07. The van der Waals surface area contributed by atoms with Crippen LogP contribution in [0.1, 0.15) is 18.4 Å². The molecule has 2 aromatic rings. The first-order chi connectivity index (χ1) is 9.22. The van der Waals surface area contributed by atoms with Crippen molar-refractivity contribution in [3.63, 3.8) is 0 Å². The highest BCUT2D eigenvalue weighted by molar-refractivity contribution is 5.60. The van der Waals surface area contributed by atoms with Crippen LogP contribution in [-0.4, -0.2) is 23.1 Å². The van der Waals surface area contributed by atoms with Gasteiger partial charge in [0.1, 0.15) is 0 Å². The SMILES string of the molecule is Cc1ccc(-c2cc(=O)[nH]c(N3CCCC3)n2)cc1. The monoisotopic (exact) mass is 255 g/mol. The summed E-state index contributed by atoms with van der Waals surface area (Å²) in [6.45, 7) is 3.99. The van der Waals surface area contributed by atoms with Crippen LogP contribution in [0.25, 0.3) is 11.3 Å². The summed E-state index contributed by atoms with van der Waals surface area (Å²) in [5, 5.41) is 0. The summed E-state index contributed by atoms with van der Waals surface area (Å²) in [5.41, 5.74) is 2.84. The van der Waals surface area contributed by atoms with Gasteiger partial charge in [-0.05, 0) is 19.8 Å². The highest BCUT2D eigenvalue weighted by atomic mass is 16.1. The van der Waals surface area contributed by atoms with Gasteiger partial charge in [0.05, 0.1) is 5.69 Å². The van der Waals surface area contributed by atoms with Gasteiger partial charge in [-0.1, -0.05) is 29.8 Å². The van der Waals surface area contributed by atoms with Crippen LogP contribution in [-0.2, 0) is 0 Å². The van der Waals surface area contributed by atoms with E-state index in [0.29, 0.717) is 5.95 Å². The largest absolute Gasteiger partial charge is 0.342 e. The lowest BCUT2D eigenvalue weighted by Gasteiger charge is -2.16. The van der Waals surface area contributed by atoms with E-state index in [4.69, 9.17) is 0 Å². The van der Waals surface area contributed by atoms with Crippen molar-refractivity contribution in [2.75, 3.05) is 18.0 Å². The number of aromatic amines is 1. The minimum absolute atomic E-state index is 0.0903. The molecule has 0 aliphatic carbocycles. The lowest BCUT2D eigenvalue weighted by atomic mass is 10.1. The zero-order valence-corrected chi connectivity index (χ0v) is 11.0. The van der Waals surface area contributed by atoms with Crippen molar-refractivity contribution in [3.05, 3.63) is 46.2 Å². The van der Waals surface area contributed by atoms with Gasteiger partial charge < -0.3 is 4.90 Å². The van der Waals surface area contributed by atoms with Crippen LogP contribution in [0, 0.1) is 6.92 Å². The third-order valence-corrected chi connectivity index (χ3v) is 3.48. The second-order valence-electron chi connectivity index (χ2n) is 5.01. The third kappa shape index (κ3) is 2.52. The maximum Gasteiger partial charge on any atom is 0.252 e. The van der Waals surface area contributed by atoms with Crippen molar-refractivity contribution in [1.29, 1.82) is 0 Å². The van der Waals surface area contributed by atoms with Gasteiger partial charge in [0.2, 0.25) is 5.95 Å². The summed E-state index contributed by atoms with van der Waals surface area (Å²) in [6.07, 6.45) is 2.33. The zero-order chi connectivity index (χ0) is 13.2. The van der Waals surface area contributed by atoms with Crippen molar-refractivity contribution in [2.24, 2.45) is 0 Å². The van der Waals surface area contributed by atoms with Crippen LogP contribution in [0.4, 0.5) is 5.95 Å². The van der Waals surface area contributed by atoms with Gasteiger partial charge in [-0.3, -0.25) is 9.78 Å². The van der Waals surface area contributed by atoms with Crippen LogP contribution in [0.15, 0.2) is 35.1 Å². The number of nitrogens with one attached hydrogen (secondary N) is 1. The summed E-state index contributed by atoms with van der Waals surface area (Å²) < 4.78 is 0. The van der Waals surface area contributed by atoms with Gasteiger partial charge in [0, 0.05) is 24.7 Å². The lowest BCUT2D eigenvalue weighted by molar-refractivity contribution is 0.892. The Morgan fingerprint density at radius 3 is 2.53 bits per heavy atom. The number of H-pyrrole nitrogens is 1. The molecule has 1 aromatic carbocycles. The zero-order valence-electron chi connectivity index (χ0n) is 11.0. The summed E-state index contributed by atoms with van der Waals surface area (Å²) in [4.78, 5) is 21.3. The minimum atomic E-state index is -0.0903. The molecule has 98 valence electrons. The van der Waals surface area contributed by atoms with E-state index in [2.05, 4.69) is 14.9 Å². The number of rotatable bonds is 2. The molecule has 1 aromatic heterocycles. The highest BCUT2D eigenvalue weighted by Crippen LogP contribution is 2.20. The summed E-state index contributed by atoms with van der Waals surface area (Å²) in [5.74, 6) is 0.695. The maximum atomic E-state index is 11.8. The second-order valence-corrected chi connectivity index (χ2v) is 5.01. The molecular weight excluding hydrogens is 238 g/mol. The maximum absolute atomic E-state index is 11.8. The number of hydrogen-bond acceptors (Lipinski definition) is 3. The first kappa shape index (κ1) is 12.0. The highest BCUT2D eigenvalue weighted by Gasteiger charge is 2.15. The molecule has 0 atom stereocenters. The van der Waals surface area contributed by atoms with E-state index in [0.717, 1.165) is 24.3 Å². The molecule has 19 heavy (non-hydrogen) atoms. The van der Waals surface area contributed by atoms with Crippen molar-refractivity contribution in [2.45, 2.75) is 19.8 Å². The molecule has 0 radical (unpaired) electrons. The Morgan fingerprint density at radius 2 is 1.84 bits per heavy atom. The average molecular weight is 255 g/mol. The van der Waals surface area contributed by atoms with E-state index in [1.165, 1.54) is 18.4 Å². The molecule has 4 nitrogen and oxygen atoms in total. The van der Waals surface area contributed by atoms with Crippen molar-refractivity contribution >= 4 is 5.95 Å². The van der Waals surface area contributed by atoms with Crippen LogP contribution in [0.5, 0.6) is 0 Å². The molecule has 2 heterocycles. The number of benzene rings is 1. The first-order valence-corrected chi connectivity index (χ1v) is 6.66. The van der Waals surface area contributed by atoms with Gasteiger partial charge >= 0.3 is 0 Å². The topological polar surface area (TPSA) is 49.0 Å². The van der Waals surface area contributed by atoms with Gasteiger partial charge in [-0.2, -0.15) is 0 Å². The molecule has 1 aliphatic rings. The molecule has 1 saturated heterocycles. The van der Waals surface area contributed by atoms with E-state index in [1.54, 1.807) is 6.07 Å². The Bertz CT molecular complexity index is 625. The fourth-order valence-electron chi connectivity index (χ4n) is 2.40. The van der Waals surface area contributed by atoms with Crippen LogP contribution in [0.3, 0.4) is 0 Å². The molecule has 3 rings (SSSR count). The van der Waals surface area contributed by atoms with Gasteiger partial charge in [-0.15, -0.1) is 0 Å². The minimum Gasteiger partial charge on any atom is -0.342 e. The van der Waals surface area contributed by atoms with Crippen LogP contribution in [0.2, 0.25) is 0 Å². The first-order valence-electron chi connectivity index (χ1n) is 6.66. The van der Waals surface area contributed by atoms with Crippen LogP contribution < -0.4 is 10.5 Å². The molecular formula is C15H17N3O. The van der Waals surface area contributed by atoms with E-state index >= 15 is 0 Å². The van der Waals surface area contributed by atoms with E-state index < -0.39 is 0 Å². The molecule has 0 saturated carbocycles. The summed E-state index contributed by atoms with van der Waals surface area (Å²) in [7, 11) is 0. The predicted molar refractivity (Wildman–Crippen MR) is 76.5 cm³/mol. The predicted octanol–water partition coefficient (Wildman–Crippen LogP) is 2.35. The molecule has 1 aliphatic heterocycles. The molecule has 0 spiro atoms. The Balaban J connectivity index is 2.01. The van der Waals surface area contributed by atoms with Crippen molar-refractivity contribution in [1.82, 2.24) is 9.97 Å². The molecule has 1 fully saturated rings. The number of anilines is 1. The molecule has 0 bridgehead atoms. The van der Waals surface area contributed by atoms with Crippen molar-refractivity contribution in [3.8, 4) is 11.3 Å². The van der Waals surface area contributed by atoms with E-state index in [-0.39, 0.29) is 5.56 Å². The van der Waals surface area contributed by atoms with Gasteiger partial charge in [0.15, 0.2) is 0 Å². The molecule has 0 unspecified atom stereocenters. The smallest absolute Gasteiger partial charge is 0.252 e. The average Bonchev–Trinajstić information content (AvgIpc) is 2.93. The Hall–Kier alpha value is -2.10. The number of nitrogens with zero attached hydrogens (tertiary/aromatic N) is 2. The van der Waals surface area contributed by atoms with E-state index in [1.807, 2.05) is 31.2 Å². The normalized spacial score (nSPS) is 14.9. The lowest BCUT2D eigenvalue weighted by Crippen LogP contribution is -2.23. The molecule has 4 heteroatoms. The third-order valence-electron chi connectivity index (χ3n) is 3.48. The number of hydrogen-bond donors (Lipinski definition) is 1. The fraction of sp³-hybridized carbons (Fsp3) is 0.333.